The van der Waals surface area contributed by atoms with Gasteiger partial charge < -0.3 is 0 Å². The molecule has 0 saturated carbocycles. The quantitative estimate of drug-likeness (QED) is 0.305. The molecule has 1 aliphatic carbocycles. The normalized spacial score (nSPS) is 13.4. The molecule has 0 aliphatic heterocycles. The van der Waals surface area contributed by atoms with Crippen LogP contribution in [-0.4, -0.2) is 5.75 Å². The Morgan fingerprint density at radius 1 is 0.875 bits per heavy atom. The Kier molecular flexibility index (Phi) is 8.38. The molecule has 16 heavy (non-hydrogen) atoms. The summed E-state index contributed by atoms with van der Waals surface area (Å²) in [6, 6.07) is 0. The van der Waals surface area contributed by atoms with Crippen LogP contribution in [0.1, 0.15) is 57.8 Å². The highest BCUT2D eigenvalue weighted by molar-refractivity contribution is 7.80. The van der Waals surface area contributed by atoms with Crippen molar-refractivity contribution in [2.75, 3.05) is 5.75 Å². The van der Waals surface area contributed by atoms with E-state index in [1.165, 1.54) is 63.4 Å². The molecular formula is C15H24S. The summed E-state index contributed by atoms with van der Waals surface area (Å²) in [6.07, 6.45) is 18.5. The third-order valence-corrected chi connectivity index (χ3v) is 3.33. The Hall–Kier alpha value is -0.390. The van der Waals surface area contributed by atoms with Gasteiger partial charge >= 0.3 is 0 Å². The monoisotopic (exact) mass is 236 g/mol. The van der Waals surface area contributed by atoms with Crippen molar-refractivity contribution in [3.63, 3.8) is 0 Å². The summed E-state index contributed by atoms with van der Waals surface area (Å²) >= 11 is 4.22. The summed E-state index contributed by atoms with van der Waals surface area (Å²) in [5, 5.41) is 0. The third kappa shape index (κ3) is 6.98. The van der Waals surface area contributed by atoms with Gasteiger partial charge in [0.1, 0.15) is 0 Å². The van der Waals surface area contributed by atoms with Gasteiger partial charge in [0.15, 0.2) is 0 Å². The van der Waals surface area contributed by atoms with Crippen molar-refractivity contribution in [3.8, 4) is 0 Å². The highest BCUT2D eigenvalue weighted by Gasteiger charge is 1.95. The Morgan fingerprint density at radius 2 is 1.50 bits per heavy atom. The van der Waals surface area contributed by atoms with Crippen molar-refractivity contribution in [1.29, 1.82) is 0 Å². The van der Waals surface area contributed by atoms with Crippen LogP contribution >= 0.6 is 12.6 Å². The first-order valence-corrected chi connectivity index (χ1v) is 7.30. The van der Waals surface area contributed by atoms with Gasteiger partial charge in [0.2, 0.25) is 0 Å². The molecule has 0 aromatic rings. The minimum absolute atomic E-state index is 1.05. The van der Waals surface area contributed by atoms with E-state index in [-0.39, 0.29) is 0 Å². The van der Waals surface area contributed by atoms with Crippen LogP contribution in [0.15, 0.2) is 29.5 Å². The van der Waals surface area contributed by atoms with Gasteiger partial charge in [0, 0.05) is 0 Å². The van der Waals surface area contributed by atoms with Crippen LogP contribution < -0.4 is 0 Å². The molecule has 0 radical (unpaired) electrons. The van der Waals surface area contributed by atoms with E-state index in [1.54, 1.807) is 0 Å². The van der Waals surface area contributed by atoms with Crippen molar-refractivity contribution in [3.05, 3.63) is 29.5 Å². The van der Waals surface area contributed by atoms with Gasteiger partial charge in [0.05, 0.1) is 0 Å². The lowest BCUT2D eigenvalue weighted by Crippen LogP contribution is -1.83. The van der Waals surface area contributed by atoms with E-state index in [4.69, 9.17) is 0 Å². The van der Waals surface area contributed by atoms with E-state index >= 15 is 0 Å². The molecule has 0 spiro atoms. The summed E-state index contributed by atoms with van der Waals surface area (Å²) in [6.45, 7) is 0. The first kappa shape index (κ1) is 13.7. The maximum absolute atomic E-state index is 4.22. The molecule has 0 fully saturated rings. The number of unbranched alkanes of at least 4 members (excludes halogenated alkanes) is 7. The Bertz CT molecular complexity index is 257. The van der Waals surface area contributed by atoms with Crippen molar-refractivity contribution in [2.24, 2.45) is 0 Å². The maximum Gasteiger partial charge on any atom is -0.00601 e. The van der Waals surface area contributed by atoms with Crippen molar-refractivity contribution in [2.45, 2.75) is 57.8 Å². The Labute approximate surface area is 106 Å². The predicted molar refractivity (Wildman–Crippen MR) is 76.1 cm³/mol. The Morgan fingerprint density at radius 3 is 2.06 bits per heavy atom. The summed E-state index contributed by atoms with van der Waals surface area (Å²) in [4.78, 5) is 0. The second-order valence-corrected chi connectivity index (χ2v) is 4.94. The zero-order chi connectivity index (χ0) is 11.5. The molecule has 0 amide bonds. The zero-order valence-corrected chi connectivity index (χ0v) is 11.1. The molecule has 0 unspecified atom stereocenters. The Balaban J connectivity index is 1.78. The second kappa shape index (κ2) is 9.81. The van der Waals surface area contributed by atoms with Crippen LogP contribution in [0.5, 0.6) is 0 Å². The van der Waals surface area contributed by atoms with Gasteiger partial charge in [0.25, 0.3) is 0 Å². The van der Waals surface area contributed by atoms with Gasteiger partial charge in [-0.25, -0.2) is 0 Å². The number of rotatable bonds is 10. The van der Waals surface area contributed by atoms with Crippen LogP contribution in [0.25, 0.3) is 0 Å². The van der Waals surface area contributed by atoms with Crippen LogP contribution in [0.4, 0.5) is 0 Å². The fraction of sp³-hybridized carbons (Fsp3) is 0.667. The first-order chi connectivity index (χ1) is 7.93. The molecule has 1 rings (SSSR count). The van der Waals surface area contributed by atoms with Crippen molar-refractivity contribution in [1.82, 2.24) is 0 Å². The molecule has 0 heterocycles. The minimum atomic E-state index is 1.05. The summed E-state index contributed by atoms with van der Waals surface area (Å²) in [7, 11) is 0. The van der Waals surface area contributed by atoms with Crippen molar-refractivity contribution >= 4 is 12.6 Å². The van der Waals surface area contributed by atoms with Crippen LogP contribution in [-0.2, 0) is 0 Å². The molecular weight excluding hydrogens is 212 g/mol. The van der Waals surface area contributed by atoms with E-state index in [0.717, 1.165) is 5.75 Å². The molecule has 0 nitrogen and oxygen atoms in total. The molecule has 0 N–H and O–H groups in total. The van der Waals surface area contributed by atoms with E-state index in [0.29, 0.717) is 0 Å². The summed E-state index contributed by atoms with van der Waals surface area (Å²) < 4.78 is 0. The van der Waals surface area contributed by atoms with Crippen LogP contribution in [0.3, 0.4) is 0 Å². The number of allylic oxidation sites excluding steroid dienone is 3. The molecule has 0 bridgehead atoms. The standard InChI is InChI=1S/C15H24S/c16-14-10-6-4-2-1-3-5-7-11-15-12-8-9-13-15/h8-9,12,16H,1-7,10-11,14H2. The molecule has 0 aromatic carbocycles. The van der Waals surface area contributed by atoms with Gasteiger partial charge in [-0.2, -0.15) is 12.6 Å². The van der Waals surface area contributed by atoms with E-state index in [9.17, 15) is 0 Å². The zero-order valence-electron chi connectivity index (χ0n) is 10.3. The third-order valence-electron chi connectivity index (χ3n) is 3.02. The predicted octanol–water partition coefficient (Wildman–Crippen LogP) is 5.08. The van der Waals surface area contributed by atoms with E-state index in [1.807, 2.05) is 6.08 Å². The lowest BCUT2D eigenvalue weighted by Gasteiger charge is -2.01. The fourth-order valence-electron chi connectivity index (χ4n) is 2.01. The van der Waals surface area contributed by atoms with Gasteiger partial charge in [-0.1, -0.05) is 50.7 Å². The largest absolute Gasteiger partial charge is 0.179 e. The lowest BCUT2D eigenvalue weighted by atomic mass is 10.1. The fourth-order valence-corrected chi connectivity index (χ4v) is 2.23. The molecule has 0 saturated heterocycles. The van der Waals surface area contributed by atoms with E-state index in [2.05, 4.69) is 30.5 Å². The van der Waals surface area contributed by atoms with Gasteiger partial charge in [-0.3, -0.25) is 0 Å². The van der Waals surface area contributed by atoms with Crippen molar-refractivity contribution < 1.29 is 0 Å². The minimum Gasteiger partial charge on any atom is -0.179 e. The highest BCUT2D eigenvalue weighted by atomic mass is 32.1. The summed E-state index contributed by atoms with van der Waals surface area (Å²) in [5.74, 6) is 1.05. The molecule has 0 aromatic heterocycles. The summed E-state index contributed by atoms with van der Waals surface area (Å²) in [5.41, 5.74) is 4.64. The average molecular weight is 236 g/mol. The topological polar surface area (TPSA) is 0 Å². The smallest absolute Gasteiger partial charge is 0.00601 e. The van der Waals surface area contributed by atoms with Crippen LogP contribution in [0, 0.1) is 0 Å². The highest BCUT2D eigenvalue weighted by Crippen LogP contribution is 2.14. The number of hydrogen-bond donors (Lipinski definition) is 1. The van der Waals surface area contributed by atoms with Crippen LogP contribution in [0.2, 0.25) is 0 Å². The molecule has 1 aliphatic rings. The van der Waals surface area contributed by atoms with E-state index < -0.39 is 0 Å². The first-order valence-electron chi connectivity index (χ1n) is 6.66. The number of thiol groups is 1. The molecule has 1 heteroatoms. The molecule has 0 atom stereocenters. The lowest BCUT2D eigenvalue weighted by molar-refractivity contribution is 0.577. The van der Waals surface area contributed by atoms with Gasteiger partial charge in [-0.05, 0) is 36.7 Å². The SMILES string of the molecule is SCCCCCCCCCCC1=C=CC=C1. The average Bonchev–Trinajstić information content (AvgIpc) is 2.80. The maximum atomic E-state index is 4.22. The second-order valence-electron chi connectivity index (χ2n) is 4.50. The molecule has 90 valence electrons. The number of hydrogen-bond acceptors (Lipinski definition) is 1. The van der Waals surface area contributed by atoms with Gasteiger partial charge in [-0.15, -0.1) is 5.73 Å².